The number of halogens is 2. The Morgan fingerprint density at radius 1 is 1.00 bits per heavy atom. The fourth-order valence-electron chi connectivity index (χ4n) is 4.07. The number of aromatic hydroxyl groups is 3. The molecule has 4 aromatic rings. The molecule has 35 heavy (non-hydrogen) atoms. The maximum absolute atomic E-state index is 14.5. The summed E-state index contributed by atoms with van der Waals surface area (Å²) in [4.78, 5) is 26.3. The smallest absolute Gasteiger partial charge is 0.344 e. The van der Waals surface area contributed by atoms with Gasteiger partial charge in [-0.2, -0.15) is 0 Å². The van der Waals surface area contributed by atoms with Gasteiger partial charge in [-0.15, -0.1) is 0 Å². The maximum atomic E-state index is 14.5. The van der Waals surface area contributed by atoms with Crippen LogP contribution in [0.1, 0.15) is 42.9 Å². The van der Waals surface area contributed by atoms with E-state index in [1.807, 2.05) is 6.92 Å². The lowest BCUT2D eigenvalue weighted by Gasteiger charge is -2.20. The molecule has 7 nitrogen and oxygen atoms in total. The lowest BCUT2D eigenvalue weighted by molar-refractivity contribution is 0.407. The molecule has 1 unspecified atom stereocenters. The molecule has 2 heterocycles. The predicted octanol–water partition coefficient (Wildman–Crippen LogP) is 3.83. The zero-order valence-electron chi connectivity index (χ0n) is 18.6. The predicted molar refractivity (Wildman–Crippen MR) is 129 cm³/mol. The molecule has 9 heteroatoms. The van der Waals surface area contributed by atoms with Crippen LogP contribution in [0.3, 0.4) is 0 Å². The van der Waals surface area contributed by atoms with Crippen LogP contribution in [0.5, 0.6) is 17.2 Å². The van der Waals surface area contributed by atoms with Gasteiger partial charge in [0, 0.05) is 0 Å². The van der Waals surface area contributed by atoms with E-state index < -0.39 is 56.4 Å². The Balaban J connectivity index is 2.21. The summed E-state index contributed by atoms with van der Waals surface area (Å²) in [5, 5.41) is 32.0. The monoisotopic (exact) mass is 498 g/mol. The number of rotatable bonds is 4. The van der Waals surface area contributed by atoms with Gasteiger partial charge in [0.15, 0.2) is 11.6 Å². The number of hydrogen-bond acceptors (Lipinski definition) is 7. The summed E-state index contributed by atoms with van der Waals surface area (Å²) in [6, 6.07) is 8.13. The van der Waals surface area contributed by atoms with Crippen molar-refractivity contribution in [2.24, 2.45) is 0 Å². The fraction of sp³-hybridized carbons (Fsp3) is 0.154. The fourth-order valence-corrected chi connectivity index (χ4v) is 4.29. The Bertz CT molecular complexity index is 1680. The normalized spacial score (nSPS) is 13.5. The van der Waals surface area contributed by atoms with Gasteiger partial charge in [-0.25, -0.2) is 14.0 Å². The minimum Gasteiger partial charge on any atom is -0.507 e. The Hall–Kier alpha value is -4.04. The number of hydrogen-bond donors (Lipinski definition) is 3. The molecule has 0 saturated heterocycles. The zero-order chi connectivity index (χ0) is 25.4. The highest BCUT2D eigenvalue weighted by molar-refractivity contribution is 6.32. The average Bonchev–Trinajstić information content (AvgIpc) is 2.81. The Morgan fingerprint density at radius 2 is 1.66 bits per heavy atom. The summed E-state index contributed by atoms with van der Waals surface area (Å²) in [6.45, 7) is 3.42. The first kappa shape index (κ1) is 24.1. The molecule has 0 saturated carbocycles. The number of fused-ring (bicyclic) bond motifs is 1. The largest absolute Gasteiger partial charge is 0.507 e. The molecular weight excluding hydrogens is 479 g/mol. The van der Waals surface area contributed by atoms with Crippen LogP contribution in [0, 0.1) is 5.82 Å². The molecule has 0 aliphatic carbocycles. The van der Waals surface area contributed by atoms with E-state index in [0.717, 1.165) is 12.1 Å². The van der Waals surface area contributed by atoms with Gasteiger partial charge >= 0.3 is 11.3 Å². The van der Waals surface area contributed by atoms with Crippen molar-refractivity contribution in [2.45, 2.75) is 26.2 Å². The highest BCUT2D eigenvalue weighted by atomic mass is 35.5. The highest BCUT2D eigenvalue weighted by Crippen LogP contribution is 2.41. The SMILES string of the molecule is C/C=c1/c(O)c(C(c2cc(F)c(O)c(Cl)c2)c2c(O)c3ccccc3oc2=O)c(=O)o/c1=C/CC. The lowest BCUT2D eigenvalue weighted by atomic mass is 9.84. The van der Waals surface area contributed by atoms with Crippen molar-refractivity contribution >= 4 is 34.7 Å². The van der Waals surface area contributed by atoms with E-state index >= 15 is 0 Å². The first-order valence-electron chi connectivity index (χ1n) is 10.6. The van der Waals surface area contributed by atoms with E-state index in [4.69, 9.17) is 20.4 Å². The standard InChI is InChI=1S/C26H20ClFO7/c1-3-7-17-13(4-2)22(29)20(25(32)34-17)19(12-10-15(27)24(31)16(28)11-12)21-23(30)14-8-5-6-9-18(14)35-26(21)33/h4-11,19,29-31H,3H2,1-2H3/b13-4+,17-7+. The molecule has 4 rings (SSSR count). The summed E-state index contributed by atoms with van der Waals surface area (Å²) in [5.74, 6) is -4.59. The molecule has 3 N–H and O–H groups in total. The van der Waals surface area contributed by atoms with Gasteiger partial charge in [-0.1, -0.05) is 36.7 Å². The quantitative estimate of drug-likeness (QED) is 0.366. The molecule has 0 spiro atoms. The Morgan fingerprint density at radius 3 is 2.31 bits per heavy atom. The van der Waals surface area contributed by atoms with Gasteiger partial charge in [-0.05, 0) is 49.2 Å². The summed E-state index contributed by atoms with van der Waals surface area (Å²) >= 11 is 5.99. The molecule has 0 aliphatic rings. The van der Waals surface area contributed by atoms with Crippen LogP contribution in [-0.2, 0) is 0 Å². The van der Waals surface area contributed by atoms with Crippen LogP contribution in [0.2, 0.25) is 5.02 Å². The van der Waals surface area contributed by atoms with Crippen molar-refractivity contribution in [3.63, 3.8) is 0 Å². The molecule has 2 aromatic heterocycles. The minimum absolute atomic E-state index is 0.0825. The van der Waals surface area contributed by atoms with Gasteiger partial charge < -0.3 is 24.2 Å². The first-order chi connectivity index (χ1) is 16.7. The van der Waals surface area contributed by atoms with E-state index in [-0.39, 0.29) is 27.2 Å². The third-order valence-corrected chi connectivity index (χ3v) is 5.93. The van der Waals surface area contributed by atoms with Gasteiger partial charge in [0.25, 0.3) is 0 Å². The van der Waals surface area contributed by atoms with Gasteiger partial charge in [-0.3, -0.25) is 0 Å². The van der Waals surface area contributed by atoms with Crippen molar-refractivity contribution in [1.29, 1.82) is 0 Å². The van der Waals surface area contributed by atoms with E-state index in [0.29, 0.717) is 6.42 Å². The van der Waals surface area contributed by atoms with Gasteiger partial charge in [0.2, 0.25) is 0 Å². The molecule has 1 atom stereocenters. The number of phenolic OH excluding ortho intramolecular Hbond substituents is 1. The molecule has 2 aromatic carbocycles. The highest BCUT2D eigenvalue weighted by Gasteiger charge is 2.33. The van der Waals surface area contributed by atoms with E-state index in [1.54, 1.807) is 25.1 Å². The number of phenols is 1. The van der Waals surface area contributed by atoms with Crippen LogP contribution >= 0.6 is 11.6 Å². The van der Waals surface area contributed by atoms with Crippen molar-refractivity contribution in [1.82, 2.24) is 0 Å². The van der Waals surface area contributed by atoms with E-state index in [9.17, 15) is 29.3 Å². The van der Waals surface area contributed by atoms with Crippen molar-refractivity contribution < 1.29 is 28.5 Å². The summed E-state index contributed by atoms with van der Waals surface area (Å²) in [5.41, 5.74) is -2.84. The van der Waals surface area contributed by atoms with Crippen LogP contribution in [0.25, 0.3) is 23.1 Å². The first-order valence-corrected chi connectivity index (χ1v) is 11.0. The lowest BCUT2D eigenvalue weighted by Crippen LogP contribution is -2.33. The summed E-state index contributed by atoms with van der Waals surface area (Å²) in [6.07, 6.45) is 3.60. The average molecular weight is 499 g/mol. The van der Waals surface area contributed by atoms with Crippen LogP contribution in [-0.4, -0.2) is 15.3 Å². The van der Waals surface area contributed by atoms with Crippen molar-refractivity contribution in [3.05, 3.63) is 95.4 Å². The molecule has 0 fully saturated rings. The third kappa shape index (κ3) is 4.06. The van der Waals surface area contributed by atoms with Gasteiger partial charge in [0.1, 0.15) is 22.5 Å². The number of para-hydroxylation sites is 1. The molecule has 180 valence electrons. The summed E-state index contributed by atoms with van der Waals surface area (Å²) < 4.78 is 25.3. The van der Waals surface area contributed by atoms with Gasteiger partial charge in [0.05, 0.1) is 32.7 Å². The van der Waals surface area contributed by atoms with Crippen LogP contribution in [0.15, 0.2) is 54.8 Å². The molecule has 0 amide bonds. The second kappa shape index (κ2) is 9.31. The van der Waals surface area contributed by atoms with E-state index in [2.05, 4.69) is 0 Å². The zero-order valence-corrected chi connectivity index (χ0v) is 19.4. The number of benzene rings is 2. The van der Waals surface area contributed by atoms with Crippen molar-refractivity contribution in [2.75, 3.05) is 0 Å². The minimum atomic E-state index is -1.56. The molecule has 0 radical (unpaired) electrons. The molecule has 0 aliphatic heterocycles. The van der Waals surface area contributed by atoms with Crippen LogP contribution in [0.4, 0.5) is 4.39 Å². The maximum Gasteiger partial charge on any atom is 0.344 e. The van der Waals surface area contributed by atoms with Crippen molar-refractivity contribution in [3.8, 4) is 17.2 Å². The van der Waals surface area contributed by atoms with E-state index in [1.165, 1.54) is 18.2 Å². The second-order valence-electron chi connectivity index (χ2n) is 7.74. The Kier molecular flexibility index (Phi) is 6.41. The molecule has 0 bridgehead atoms. The van der Waals surface area contributed by atoms with Crippen LogP contribution < -0.4 is 21.9 Å². The second-order valence-corrected chi connectivity index (χ2v) is 8.15. The topological polar surface area (TPSA) is 121 Å². The Labute approximate surface area is 202 Å². The summed E-state index contributed by atoms with van der Waals surface area (Å²) in [7, 11) is 0. The molecular formula is C26H20ClFO7. The third-order valence-electron chi connectivity index (χ3n) is 5.65.